The average molecular weight is 625 g/mol. The number of sulfonamides is 1. The van der Waals surface area contributed by atoms with E-state index < -0.39 is 22.1 Å². The monoisotopic (exact) mass is 624 g/mol. The van der Waals surface area contributed by atoms with Crippen molar-refractivity contribution in [2.24, 2.45) is 0 Å². The topological polar surface area (TPSA) is 98.8 Å². The molecule has 1 fully saturated rings. The highest BCUT2D eigenvalue weighted by Gasteiger charge is 2.48. The molecule has 11 heteroatoms. The number of fused-ring (bicyclic) bond motifs is 3. The maximum absolute atomic E-state index is 14.0. The average Bonchev–Trinajstić information content (AvgIpc) is 3.32. The molecule has 3 aromatic carbocycles. The van der Waals surface area contributed by atoms with Crippen LogP contribution in [0.3, 0.4) is 0 Å². The highest BCUT2D eigenvalue weighted by atomic mass is 35.5. The van der Waals surface area contributed by atoms with Gasteiger partial charge in [0.25, 0.3) is 0 Å². The number of hydrogen-bond donors (Lipinski definition) is 2. The number of rotatable bonds is 6. The molecule has 3 aromatic rings. The molecule has 2 N–H and O–H groups in total. The van der Waals surface area contributed by atoms with Crippen LogP contribution in [-0.4, -0.2) is 63.1 Å². The van der Waals surface area contributed by atoms with E-state index in [0.29, 0.717) is 56.2 Å². The summed E-state index contributed by atoms with van der Waals surface area (Å²) in [6.07, 6.45) is 3.04. The van der Waals surface area contributed by atoms with Gasteiger partial charge in [-0.1, -0.05) is 48.0 Å². The Hall–Kier alpha value is -3.47. The quantitative estimate of drug-likeness (QED) is 0.437. The number of anilines is 1. The van der Waals surface area contributed by atoms with Crippen molar-refractivity contribution < 1.29 is 22.4 Å². The van der Waals surface area contributed by atoms with E-state index in [1.807, 2.05) is 36.4 Å². The molecule has 6 rings (SSSR count). The second-order valence-electron chi connectivity index (χ2n) is 11.8. The molecule has 1 spiro atoms. The first-order valence-corrected chi connectivity index (χ1v) is 16.7. The van der Waals surface area contributed by atoms with Crippen LogP contribution in [0.2, 0.25) is 5.02 Å². The second-order valence-corrected chi connectivity index (χ2v) is 14.2. The van der Waals surface area contributed by atoms with Gasteiger partial charge in [0, 0.05) is 43.0 Å². The lowest BCUT2D eigenvalue weighted by atomic mass is 9.74. The van der Waals surface area contributed by atoms with Crippen LogP contribution < -0.4 is 14.9 Å². The second kappa shape index (κ2) is 11.6. The Morgan fingerprint density at radius 3 is 2.51 bits per heavy atom. The third-order valence-corrected chi connectivity index (χ3v) is 10.4. The van der Waals surface area contributed by atoms with Gasteiger partial charge < -0.3 is 15.5 Å². The fraction of sp³-hybridized carbons (Fsp3) is 0.375. The van der Waals surface area contributed by atoms with Crippen LogP contribution in [0.1, 0.15) is 35.1 Å². The summed E-state index contributed by atoms with van der Waals surface area (Å²) in [6, 6.07) is 18.0. The highest BCUT2D eigenvalue weighted by Crippen LogP contribution is 2.47. The van der Waals surface area contributed by atoms with Gasteiger partial charge in [-0.25, -0.2) is 12.8 Å². The Balaban J connectivity index is 1.19. The maximum atomic E-state index is 14.0. The van der Waals surface area contributed by atoms with Crippen molar-refractivity contribution in [3.05, 3.63) is 99.8 Å². The van der Waals surface area contributed by atoms with Gasteiger partial charge in [0.05, 0.1) is 18.0 Å². The minimum atomic E-state index is -3.45. The Labute approximate surface area is 256 Å². The lowest BCUT2D eigenvalue weighted by molar-refractivity contribution is -0.138. The predicted octanol–water partition coefficient (Wildman–Crippen LogP) is 3.56. The molecule has 1 saturated heterocycles. The molecule has 0 unspecified atom stereocenters. The minimum absolute atomic E-state index is 0.188. The number of carbonyl (C=O) groups excluding carboxylic acids is 2. The van der Waals surface area contributed by atoms with Crippen LogP contribution in [0.25, 0.3) is 0 Å². The van der Waals surface area contributed by atoms with Crippen LogP contribution in [0.15, 0.2) is 66.7 Å². The van der Waals surface area contributed by atoms with Crippen LogP contribution in [0, 0.1) is 5.82 Å². The molecule has 3 heterocycles. The van der Waals surface area contributed by atoms with E-state index in [0.717, 1.165) is 22.3 Å². The van der Waals surface area contributed by atoms with Crippen molar-refractivity contribution in [3.63, 3.8) is 0 Å². The molecule has 0 aliphatic carbocycles. The Morgan fingerprint density at radius 1 is 1.07 bits per heavy atom. The van der Waals surface area contributed by atoms with Gasteiger partial charge in [-0.3, -0.25) is 13.9 Å². The molecule has 2 amide bonds. The van der Waals surface area contributed by atoms with E-state index in [2.05, 4.69) is 10.6 Å². The number of carbonyl (C=O) groups is 2. The van der Waals surface area contributed by atoms with Gasteiger partial charge in [-0.05, 0) is 71.8 Å². The zero-order chi connectivity index (χ0) is 30.4. The van der Waals surface area contributed by atoms with E-state index >= 15 is 0 Å². The summed E-state index contributed by atoms with van der Waals surface area (Å²) in [7, 11) is -3.45. The lowest BCUT2D eigenvalue weighted by Crippen LogP contribution is -2.57. The third kappa shape index (κ3) is 6.01. The summed E-state index contributed by atoms with van der Waals surface area (Å²) in [6.45, 7) is 1.66. The number of benzene rings is 3. The summed E-state index contributed by atoms with van der Waals surface area (Å²) in [4.78, 5) is 29.3. The van der Waals surface area contributed by atoms with Crippen molar-refractivity contribution in [1.29, 1.82) is 0 Å². The van der Waals surface area contributed by atoms with Crippen molar-refractivity contribution in [2.75, 3.05) is 30.2 Å². The SMILES string of the molecule is CS(=O)(=O)N1CC2(CCN(C(=O)[C@H](Cc3ccc(Cl)cc3)NC(=O)[C@@H]3Cc4cc(F)ccc4CN3)CC2)c2ccccc21. The van der Waals surface area contributed by atoms with E-state index in [4.69, 9.17) is 11.6 Å². The van der Waals surface area contributed by atoms with Gasteiger partial charge >= 0.3 is 0 Å². The molecule has 0 radical (unpaired) electrons. The normalized spacial score (nSPS) is 19.9. The Bertz CT molecular complexity index is 1660. The number of nitrogens with zero attached hydrogens (tertiary/aromatic N) is 2. The van der Waals surface area contributed by atoms with E-state index in [9.17, 15) is 22.4 Å². The van der Waals surface area contributed by atoms with E-state index in [1.54, 1.807) is 23.1 Å². The number of piperidine rings is 1. The first-order valence-electron chi connectivity index (χ1n) is 14.4. The molecule has 8 nitrogen and oxygen atoms in total. The largest absolute Gasteiger partial charge is 0.343 e. The number of nitrogens with one attached hydrogen (secondary N) is 2. The van der Waals surface area contributed by atoms with Crippen molar-refractivity contribution in [2.45, 2.75) is 49.7 Å². The van der Waals surface area contributed by atoms with Crippen LogP contribution in [0.5, 0.6) is 0 Å². The number of amides is 2. The zero-order valence-corrected chi connectivity index (χ0v) is 25.4. The molecule has 226 valence electrons. The van der Waals surface area contributed by atoms with Crippen molar-refractivity contribution in [1.82, 2.24) is 15.5 Å². The third-order valence-electron chi connectivity index (χ3n) is 9.04. The Morgan fingerprint density at radius 2 is 1.79 bits per heavy atom. The predicted molar refractivity (Wildman–Crippen MR) is 164 cm³/mol. The number of hydrogen-bond acceptors (Lipinski definition) is 5. The van der Waals surface area contributed by atoms with Crippen molar-refractivity contribution >= 4 is 39.1 Å². The highest BCUT2D eigenvalue weighted by molar-refractivity contribution is 7.92. The first-order chi connectivity index (χ1) is 20.5. The summed E-state index contributed by atoms with van der Waals surface area (Å²) in [5, 5.41) is 6.78. The summed E-state index contributed by atoms with van der Waals surface area (Å²) in [5.74, 6) is -0.848. The molecule has 0 saturated carbocycles. The lowest BCUT2D eigenvalue weighted by Gasteiger charge is -2.41. The molecule has 2 atom stereocenters. The van der Waals surface area contributed by atoms with Crippen molar-refractivity contribution in [3.8, 4) is 0 Å². The summed E-state index contributed by atoms with van der Waals surface area (Å²) in [5.41, 5.74) is 3.91. The minimum Gasteiger partial charge on any atom is -0.343 e. The van der Waals surface area contributed by atoms with Gasteiger partial charge in [-0.2, -0.15) is 0 Å². The van der Waals surface area contributed by atoms with E-state index in [-0.39, 0.29) is 29.5 Å². The molecule has 43 heavy (non-hydrogen) atoms. The maximum Gasteiger partial charge on any atom is 0.245 e. The molecular formula is C32H34ClFN4O4S. The fourth-order valence-corrected chi connectivity index (χ4v) is 7.80. The standard InChI is InChI=1S/C32H34ClFN4O4S/c1-43(41,42)38-20-32(26-4-2-3-5-29(26)38)12-14-37(15-13-32)31(40)28(16-21-6-9-24(33)10-7-21)36-30(39)27-18-23-17-25(34)11-8-22(23)19-35-27/h2-11,17,27-28,35H,12-16,18-20H2,1H3,(H,36,39)/t27-,28-/m0/s1. The molecule has 0 aromatic heterocycles. The van der Waals surface area contributed by atoms with Gasteiger partial charge in [0.2, 0.25) is 21.8 Å². The Kier molecular flexibility index (Phi) is 7.95. The smallest absolute Gasteiger partial charge is 0.245 e. The van der Waals surface area contributed by atoms with Crippen LogP contribution in [-0.2, 0) is 44.4 Å². The number of para-hydroxylation sites is 1. The van der Waals surface area contributed by atoms with Crippen LogP contribution in [0.4, 0.5) is 10.1 Å². The summed E-state index contributed by atoms with van der Waals surface area (Å²) < 4.78 is 40.5. The zero-order valence-electron chi connectivity index (χ0n) is 23.9. The molecule has 0 bridgehead atoms. The van der Waals surface area contributed by atoms with Gasteiger partial charge in [0.15, 0.2) is 0 Å². The first kappa shape index (κ1) is 29.6. The van der Waals surface area contributed by atoms with Gasteiger partial charge in [0.1, 0.15) is 11.9 Å². The molecular weight excluding hydrogens is 591 g/mol. The van der Waals surface area contributed by atoms with Crippen LogP contribution >= 0.6 is 11.6 Å². The molecule has 3 aliphatic heterocycles. The number of likely N-dealkylation sites (tertiary alicyclic amines) is 1. The summed E-state index contributed by atoms with van der Waals surface area (Å²) >= 11 is 6.08. The fourth-order valence-electron chi connectivity index (χ4n) is 6.68. The van der Waals surface area contributed by atoms with Gasteiger partial charge in [-0.15, -0.1) is 0 Å². The van der Waals surface area contributed by atoms with E-state index in [1.165, 1.54) is 22.7 Å². The number of halogens is 2. The molecule has 3 aliphatic rings.